The first-order valence-corrected chi connectivity index (χ1v) is 8.22. The average molecular weight is 313 g/mol. The Morgan fingerprint density at radius 3 is 2.65 bits per heavy atom. The molecule has 2 N–H and O–H groups in total. The first-order chi connectivity index (χ1) is 11.2. The maximum atomic E-state index is 13.0. The molecule has 0 bridgehead atoms. The van der Waals surface area contributed by atoms with Gasteiger partial charge in [0.15, 0.2) is 5.78 Å². The second kappa shape index (κ2) is 7.21. The van der Waals surface area contributed by atoms with Crippen molar-refractivity contribution < 1.29 is 15.0 Å². The van der Waals surface area contributed by atoms with Crippen LogP contribution in [0.25, 0.3) is 10.8 Å². The molecule has 4 nitrogen and oxygen atoms in total. The predicted molar refractivity (Wildman–Crippen MR) is 90.5 cm³/mol. The van der Waals surface area contributed by atoms with Gasteiger partial charge in [0.25, 0.3) is 0 Å². The minimum atomic E-state index is -0.266. The van der Waals surface area contributed by atoms with E-state index in [1.54, 1.807) is 0 Å². The van der Waals surface area contributed by atoms with Crippen LogP contribution in [0.3, 0.4) is 0 Å². The van der Waals surface area contributed by atoms with Crippen molar-refractivity contribution in [2.24, 2.45) is 5.92 Å². The summed E-state index contributed by atoms with van der Waals surface area (Å²) in [4.78, 5) is 15.0. The molecule has 1 aliphatic heterocycles. The third-order valence-corrected chi connectivity index (χ3v) is 4.82. The Bertz CT molecular complexity index is 676. The fourth-order valence-electron chi connectivity index (χ4n) is 3.50. The van der Waals surface area contributed by atoms with E-state index in [2.05, 4.69) is 0 Å². The standard InChI is InChI=1S/C19H23NO3/c21-12-16(13-22)20-10-4-7-15(11-20)19(23)18-9-3-6-14-5-1-2-8-17(14)18/h1-3,5-6,8-9,15-16,21-22H,4,7,10-13H2/t15-/m0/s1. The fraction of sp³-hybridized carbons (Fsp3) is 0.421. The number of Topliss-reactive ketones (excluding diaryl/α,β-unsaturated/α-hetero) is 1. The van der Waals surface area contributed by atoms with Gasteiger partial charge in [-0.3, -0.25) is 9.69 Å². The lowest BCUT2D eigenvalue weighted by atomic mass is 9.87. The first kappa shape index (κ1) is 16.1. The zero-order valence-corrected chi connectivity index (χ0v) is 13.2. The third-order valence-electron chi connectivity index (χ3n) is 4.82. The topological polar surface area (TPSA) is 60.8 Å². The molecule has 0 amide bonds. The van der Waals surface area contributed by atoms with Crippen molar-refractivity contribution in [3.8, 4) is 0 Å². The van der Waals surface area contributed by atoms with Crippen LogP contribution in [0.4, 0.5) is 0 Å². The van der Waals surface area contributed by atoms with Gasteiger partial charge in [0, 0.05) is 18.0 Å². The van der Waals surface area contributed by atoms with Gasteiger partial charge in [-0.05, 0) is 30.2 Å². The molecule has 0 unspecified atom stereocenters. The zero-order chi connectivity index (χ0) is 16.2. The summed E-state index contributed by atoms with van der Waals surface area (Å²) in [6.07, 6.45) is 1.78. The van der Waals surface area contributed by atoms with Crippen molar-refractivity contribution >= 4 is 16.6 Å². The molecular weight excluding hydrogens is 290 g/mol. The van der Waals surface area contributed by atoms with Crippen molar-refractivity contribution in [1.82, 2.24) is 4.90 Å². The van der Waals surface area contributed by atoms with Gasteiger partial charge in [-0.1, -0.05) is 42.5 Å². The zero-order valence-electron chi connectivity index (χ0n) is 13.2. The van der Waals surface area contributed by atoms with E-state index in [4.69, 9.17) is 0 Å². The van der Waals surface area contributed by atoms with Crippen LogP contribution in [0, 0.1) is 5.92 Å². The summed E-state index contributed by atoms with van der Waals surface area (Å²) >= 11 is 0. The Morgan fingerprint density at radius 1 is 1.13 bits per heavy atom. The molecule has 4 heteroatoms. The smallest absolute Gasteiger partial charge is 0.167 e. The van der Waals surface area contributed by atoms with E-state index in [1.807, 2.05) is 47.4 Å². The van der Waals surface area contributed by atoms with Crippen molar-refractivity contribution in [2.45, 2.75) is 18.9 Å². The molecule has 122 valence electrons. The number of likely N-dealkylation sites (tertiary alicyclic amines) is 1. The summed E-state index contributed by atoms with van der Waals surface area (Å²) in [7, 11) is 0. The van der Waals surface area contributed by atoms with E-state index in [9.17, 15) is 15.0 Å². The number of benzene rings is 2. The molecule has 0 aromatic heterocycles. The Morgan fingerprint density at radius 2 is 1.87 bits per heavy atom. The Kier molecular flexibility index (Phi) is 5.06. The number of ketones is 1. The summed E-state index contributed by atoms with van der Waals surface area (Å²) in [6.45, 7) is 1.27. The van der Waals surface area contributed by atoms with Crippen molar-refractivity contribution in [1.29, 1.82) is 0 Å². The highest BCUT2D eigenvalue weighted by atomic mass is 16.3. The number of rotatable bonds is 5. The molecule has 2 aromatic rings. The minimum absolute atomic E-state index is 0.0739. The monoisotopic (exact) mass is 313 g/mol. The summed E-state index contributed by atoms with van der Waals surface area (Å²) in [6, 6.07) is 13.5. The van der Waals surface area contributed by atoms with E-state index in [1.165, 1.54) is 0 Å². The second-order valence-corrected chi connectivity index (χ2v) is 6.24. The number of carbonyl (C=O) groups is 1. The third kappa shape index (κ3) is 3.29. The van der Waals surface area contributed by atoms with E-state index >= 15 is 0 Å². The molecule has 1 atom stereocenters. The lowest BCUT2D eigenvalue weighted by Crippen LogP contribution is -2.47. The van der Waals surface area contributed by atoms with Crippen LogP contribution < -0.4 is 0 Å². The SMILES string of the molecule is O=C(c1cccc2ccccc12)[C@H]1CCCN(C(CO)CO)C1. The minimum Gasteiger partial charge on any atom is -0.395 e. The highest BCUT2D eigenvalue weighted by molar-refractivity contribution is 6.09. The van der Waals surface area contributed by atoms with Gasteiger partial charge in [0.2, 0.25) is 0 Å². The van der Waals surface area contributed by atoms with Crippen LogP contribution in [-0.4, -0.2) is 53.2 Å². The number of aliphatic hydroxyl groups excluding tert-OH is 2. The molecule has 0 spiro atoms. The highest BCUT2D eigenvalue weighted by Crippen LogP contribution is 2.26. The van der Waals surface area contributed by atoms with Crippen molar-refractivity contribution in [2.75, 3.05) is 26.3 Å². The lowest BCUT2D eigenvalue weighted by molar-refractivity contribution is 0.0409. The van der Waals surface area contributed by atoms with Crippen LogP contribution in [0.2, 0.25) is 0 Å². The molecule has 1 fully saturated rings. The lowest BCUT2D eigenvalue weighted by Gasteiger charge is -2.36. The van der Waals surface area contributed by atoms with E-state index < -0.39 is 0 Å². The normalized spacial score (nSPS) is 19.3. The van der Waals surface area contributed by atoms with E-state index in [0.29, 0.717) is 6.54 Å². The van der Waals surface area contributed by atoms with Gasteiger partial charge in [0.05, 0.1) is 19.3 Å². The molecule has 1 aliphatic rings. The number of carbonyl (C=O) groups excluding carboxylic acids is 1. The van der Waals surface area contributed by atoms with Crippen LogP contribution in [-0.2, 0) is 0 Å². The molecule has 0 saturated carbocycles. The summed E-state index contributed by atoms with van der Waals surface area (Å²) in [5.41, 5.74) is 0.777. The van der Waals surface area contributed by atoms with Crippen LogP contribution in [0.1, 0.15) is 23.2 Å². The number of hydrogen-bond acceptors (Lipinski definition) is 4. The molecule has 3 rings (SSSR count). The van der Waals surface area contributed by atoms with Crippen LogP contribution >= 0.6 is 0 Å². The Hall–Kier alpha value is -1.75. The number of aliphatic hydroxyl groups is 2. The fourth-order valence-corrected chi connectivity index (χ4v) is 3.50. The van der Waals surface area contributed by atoms with Crippen LogP contribution in [0.5, 0.6) is 0 Å². The molecular formula is C19H23NO3. The average Bonchev–Trinajstić information content (AvgIpc) is 2.62. The molecule has 23 heavy (non-hydrogen) atoms. The summed E-state index contributed by atoms with van der Waals surface area (Å²) in [5, 5.41) is 20.8. The largest absolute Gasteiger partial charge is 0.395 e. The Labute approximate surface area is 136 Å². The maximum absolute atomic E-state index is 13.0. The van der Waals surface area contributed by atoms with Gasteiger partial charge in [-0.15, -0.1) is 0 Å². The van der Waals surface area contributed by atoms with Crippen molar-refractivity contribution in [3.05, 3.63) is 48.0 Å². The maximum Gasteiger partial charge on any atom is 0.167 e. The Balaban J connectivity index is 1.84. The number of hydrogen-bond donors (Lipinski definition) is 2. The quantitative estimate of drug-likeness (QED) is 0.830. The van der Waals surface area contributed by atoms with Gasteiger partial charge >= 0.3 is 0 Å². The second-order valence-electron chi connectivity index (χ2n) is 6.24. The van der Waals surface area contributed by atoms with E-state index in [0.717, 1.165) is 35.7 Å². The van der Waals surface area contributed by atoms with Gasteiger partial charge in [-0.2, -0.15) is 0 Å². The molecule has 0 aliphatic carbocycles. The highest BCUT2D eigenvalue weighted by Gasteiger charge is 2.30. The first-order valence-electron chi connectivity index (χ1n) is 8.22. The summed E-state index contributed by atoms with van der Waals surface area (Å²) < 4.78 is 0. The molecule has 0 radical (unpaired) electrons. The van der Waals surface area contributed by atoms with Crippen molar-refractivity contribution in [3.63, 3.8) is 0 Å². The van der Waals surface area contributed by atoms with Gasteiger partial charge in [0.1, 0.15) is 0 Å². The summed E-state index contributed by atoms with van der Waals surface area (Å²) in [5.74, 6) is 0.0938. The van der Waals surface area contributed by atoms with E-state index in [-0.39, 0.29) is 31.0 Å². The number of piperidine rings is 1. The number of nitrogens with zero attached hydrogens (tertiary/aromatic N) is 1. The van der Waals surface area contributed by atoms with Gasteiger partial charge in [-0.25, -0.2) is 0 Å². The predicted octanol–water partition coefficient (Wildman–Crippen LogP) is 2.09. The number of fused-ring (bicyclic) bond motifs is 1. The molecule has 2 aromatic carbocycles. The van der Waals surface area contributed by atoms with Gasteiger partial charge < -0.3 is 10.2 Å². The molecule has 1 saturated heterocycles. The van der Waals surface area contributed by atoms with Crippen LogP contribution in [0.15, 0.2) is 42.5 Å². The molecule has 1 heterocycles.